The quantitative estimate of drug-likeness (QED) is 0.0820. The van der Waals surface area contributed by atoms with Gasteiger partial charge in [-0.2, -0.15) is 4.98 Å². The number of nitro groups is 1. The van der Waals surface area contributed by atoms with Crippen LogP contribution in [0.4, 0.5) is 28.4 Å². The van der Waals surface area contributed by atoms with Crippen LogP contribution in [0.15, 0.2) is 77.8 Å². The number of hydrogen-bond acceptors (Lipinski definition) is 14. The number of hydrogen-bond donors (Lipinski definition) is 4. The Morgan fingerprint density at radius 1 is 0.957 bits per heavy atom. The lowest BCUT2D eigenvalue weighted by atomic mass is 9.59. The normalized spacial score (nSPS) is 26.5. The van der Waals surface area contributed by atoms with Crippen molar-refractivity contribution in [3.05, 3.63) is 99.7 Å². The summed E-state index contributed by atoms with van der Waals surface area (Å²) in [7, 11) is -4.70. The first-order valence-electron chi connectivity index (χ1n) is 25.1. The van der Waals surface area contributed by atoms with Crippen LogP contribution in [0.3, 0.4) is 0 Å². The van der Waals surface area contributed by atoms with E-state index in [4.69, 9.17) is 19.2 Å². The van der Waals surface area contributed by atoms with Gasteiger partial charge in [-0.3, -0.25) is 19.8 Å². The smallest absolute Gasteiger partial charge is 0.297 e. The Morgan fingerprint density at radius 3 is 2.57 bits per heavy atom. The zero-order valence-electron chi connectivity index (χ0n) is 39.3. The number of aryl methyl sites for hydroxylation is 1. The van der Waals surface area contributed by atoms with E-state index in [0.717, 1.165) is 62.5 Å². The van der Waals surface area contributed by atoms with Gasteiger partial charge in [-0.05, 0) is 130 Å². The molecule has 3 saturated heterocycles. The molecule has 5 fully saturated rings. The Morgan fingerprint density at radius 2 is 1.77 bits per heavy atom. The molecule has 4 atom stereocenters. The number of carbonyl (C=O) groups excluding carboxylic acids is 1. The van der Waals surface area contributed by atoms with Crippen LogP contribution in [0, 0.1) is 28.4 Å². The molecule has 1 amide bonds. The minimum Gasteiger partial charge on any atom is -0.489 e. The molecular formula is C52H60N8O9S. The number of nitro benzene ring substituents is 1. The summed E-state index contributed by atoms with van der Waals surface area (Å²) in [6.45, 7) is 6.00. The molecule has 2 saturated carbocycles. The number of piperidine rings is 1. The number of fused-ring (bicyclic) bond motifs is 4. The minimum absolute atomic E-state index is 0.0132. The number of likely N-dealkylation sites (tertiary alicyclic amines) is 1. The summed E-state index contributed by atoms with van der Waals surface area (Å²) in [6, 6.07) is 20.9. The minimum atomic E-state index is -4.70. The van der Waals surface area contributed by atoms with Gasteiger partial charge in [-0.1, -0.05) is 24.3 Å². The van der Waals surface area contributed by atoms with Crippen molar-refractivity contribution in [2.45, 2.75) is 119 Å². The fourth-order valence-electron chi connectivity index (χ4n) is 12.9. The fourth-order valence-corrected chi connectivity index (χ4v) is 13.9. The highest BCUT2D eigenvalue weighted by Crippen LogP contribution is 2.55. The number of sulfonamides is 1. The molecule has 0 radical (unpaired) electrons. The third-order valence-electron chi connectivity index (χ3n) is 16.8. The Bertz CT molecular complexity index is 2960. The molecule has 0 unspecified atom stereocenters. The standard InChI is InChI=1S/C52H60N8O9S/c1-31-5-2-3-6-38(31)41-7-4-19-58(41)35-27-52(28-35)16-20-57(21-17-52)34-10-13-39(42(24-34)59-44-23-33-14-18-53-49(33)55-51(44)69-46-15-22-67-30-45(46)59)50(62)56-70(65,66)37-25-43(60(63)64)48-47(26-37)68-29-40(54-48)32-8-11-36(61)12-9-32/h2-3,5-6,10,13-14,18,23-26,32,35-36,40-41,45-46,54,61H,4,7-9,11-12,15-17,19-22,27-30H2,1H3,(H,53,55)(H,56,62)/t32?,36?,40-,41-,45+,46-/m0/s1. The third-order valence-corrected chi connectivity index (χ3v) is 18.1. The van der Waals surface area contributed by atoms with Crippen LogP contribution < -0.4 is 29.3 Å². The van der Waals surface area contributed by atoms with Crippen LogP contribution in [0.2, 0.25) is 0 Å². The van der Waals surface area contributed by atoms with Gasteiger partial charge in [0.25, 0.3) is 21.6 Å². The molecule has 7 aliphatic rings. The topological polar surface area (TPSA) is 205 Å². The average molecular weight is 973 g/mol. The van der Waals surface area contributed by atoms with Gasteiger partial charge in [0.2, 0.25) is 5.88 Å². The van der Waals surface area contributed by atoms with Crippen molar-refractivity contribution in [3.63, 3.8) is 0 Å². The largest absolute Gasteiger partial charge is 0.489 e. The van der Waals surface area contributed by atoms with E-state index in [0.29, 0.717) is 67.5 Å². The molecule has 17 nitrogen and oxygen atoms in total. The number of ether oxygens (including phenoxy) is 3. The predicted octanol–water partition coefficient (Wildman–Crippen LogP) is 7.90. The summed E-state index contributed by atoms with van der Waals surface area (Å²) in [4.78, 5) is 41.4. The number of anilines is 4. The van der Waals surface area contributed by atoms with Gasteiger partial charge < -0.3 is 39.4 Å². The van der Waals surface area contributed by atoms with Gasteiger partial charge in [0, 0.05) is 61.0 Å². The van der Waals surface area contributed by atoms with Gasteiger partial charge in [-0.25, -0.2) is 13.1 Å². The van der Waals surface area contributed by atoms with Gasteiger partial charge in [0.05, 0.1) is 52.5 Å². The monoisotopic (exact) mass is 972 g/mol. The lowest BCUT2D eigenvalue weighted by Gasteiger charge is -2.56. The first kappa shape index (κ1) is 45.2. The number of benzene rings is 3. The molecule has 3 aromatic carbocycles. The van der Waals surface area contributed by atoms with Crippen molar-refractivity contribution < 1.29 is 37.5 Å². The molecule has 70 heavy (non-hydrogen) atoms. The lowest BCUT2D eigenvalue weighted by molar-refractivity contribution is -0.384. The van der Waals surface area contributed by atoms with Crippen molar-refractivity contribution in [1.29, 1.82) is 0 Å². The number of amides is 1. The van der Waals surface area contributed by atoms with Crippen LogP contribution >= 0.6 is 0 Å². The van der Waals surface area contributed by atoms with Crippen molar-refractivity contribution >= 4 is 55.4 Å². The van der Waals surface area contributed by atoms with Crippen LogP contribution in [-0.4, -0.2) is 109 Å². The van der Waals surface area contributed by atoms with Crippen molar-refractivity contribution in [2.24, 2.45) is 11.3 Å². The molecule has 1 spiro atoms. The number of aliphatic hydroxyl groups is 1. The van der Waals surface area contributed by atoms with Gasteiger partial charge in [0.1, 0.15) is 24.0 Å². The molecule has 5 aromatic rings. The van der Waals surface area contributed by atoms with Crippen LogP contribution in [0.5, 0.6) is 11.6 Å². The van der Waals surface area contributed by atoms with Crippen molar-refractivity contribution in [1.82, 2.24) is 19.6 Å². The lowest BCUT2D eigenvalue weighted by Crippen LogP contribution is -2.55. The number of aromatic amines is 1. The van der Waals surface area contributed by atoms with Crippen LogP contribution in [-0.2, 0) is 14.8 Å². The van der Waals surface area contributed by atoms with Crippen molar-refractivity contribution in [3.8, 4) is 11.6 Å². The van der Waals surface area contributed by atoms with E-state index in [1.165, 1.54) is 42.9 Å². The van der Waals surface area contributed by atoms with Crippen LogP contribution in [0.1, 0.15) is 98.2 Å². The van der Waals surface area contributed by atoms with Crippen molar-refractivity contribution in [2.75, 3.05) is 54.6 Å². The molecule has 12 rings (SSSR count). The Balaban J connectivity index is 0.840. The molecule has 2 aromatic heterocycles. The first-order valence-corrected chi connectivity index (χ1v) is 26.6. The molecule has 368 valence electrons. The second-order valence-corrected chi connectivity index (χ2v) is 22.5. The Hall–Kier alpha value is -5.95. The maximum atomic E-state index is 14.8. The zero-order valence-corrected chi connectivity index (χ0v) is 40.2. The van der Waals surface area contributed by atoms with Gasteiger partial charge in [-0.15, -0.1) is 0 Å². The molecule has 0 bridgehead atoms. The number of aliphatic hydroxyl groups excluding tert-OH is 1. The Kier molecular flexibility index (Phi) is 11.4. The van der Waals surface area contributed by atoms with E-state index in [-0.39, 0.29) is 59.2 Å². The molecular weight excluding hydrogens is 913 g/mol. The maximum Gasteiger partial charge on any atom is 0.297 e. The summed E-state index contributed by atoms with van der Waals surface area (Å²) in [5.41, 5.74) is 5.48. The van der Waals surface area contributed by atoms with Gasteiger partial charge in [0.15, 0.2) is 11.4 Å². The van der Waals surface area contributed by atoms with E-state index in [9.17, 15) is 28.4 Å². The zero-order chi connectivity index (χ0) is 47.9. The number of aromatic nitrogens is 2. The first-order chi connectivity index (χ1) is 33.9. The highest BCUT2D eigenvalue weighted by Gasteiger charge is 2.50. The van der Waals surface area contributed by atoms with E-state index >= 15 is 0 Å². The third kappa shape index (κ3) is 8.09. The highest BCUT2D eigenvalue weighted by atomic mass is 32.2. The maximum absolute atomic E-state index is 14.8. The SMILES string of the molecule is Cc1ccccc1[C@@H]1CCCN1C1CC2(CCN(c3ccc(C(=O)NS(=O)(=O)c4cc5c(c([N+](=O)[O-])c4)N[C@H](C4CCC(O)CC4)CO5)c(N4c5cc6cc[nH]c6nc5O[C@H]5CCOC[C@H]54)c3)CC2)C1. The number of nitrogens with one attached hydrogen (secondary N) is 3. The molecule has 5 aliphatic heterocycles. The summed E-state index contributed by atoms with van der Waals surface area (Å²) < 4.78 is 49.6. The van der Waals surface area contributed by atoms with Gasteiger partial charge >= 0.3 is 0 Å². The summed E-state index contributed by atoms with van der Waals surface area (Å²) in [6.07, 6.45) is 11.3. The molecule has 18 heteroatoms. The molecule has 7 heterocycles. The van der Waals surface area contributed by atoms with Crippen LogP contribution in [0.25, 0.3) is 11.0 Å². The van der Waals surface area contributed by atoms with E-state index in [1.54, 1.807) is 6.07 Å². The Labute approximate surface area is 407 Å². The molecule has 4 N–H and O–H groups in total. The van der Waals surface area contributed by atoms with E-state index in [1.807, 2.05) is 35.4 Å². The fraction of sp³-hybridized carbons (Fsp3) is 0.500. The van der Waals surface area contributed by atoms with E-state index in [2.05, 4.69) is 56.0 Å². The second kappa shape index (κ2) is 17.7. The predicted molar refractivity (Wildman–Crippen MR) is 264 cm³/mol. The number of carbonyl (C=O) groups is 1. The summed E-state index contributed by atoms with van der Waals surface area (Å²) in [5.74, 6) is -0.373. The number of rotatable bonds is 9. The summed E-state index contributed by atoms with van der Waals surface area (Å²) in [5, 5.41) is 26.7. The second-order valence-electron chi connectivity index (χ2n) is 20.8. The molecule has 2 aliphatic carbocycles. The number of pyridine rings is 1. The number of H-pyrrole nitrogens is 1. The highest BCUT2D eigenvalue weighted by molar-refractivity contribution is 7.90. The average Bonchev–Trinajstić information content (AvgIpc) is 4.04. The number of nitrogens with zero attached hydrogens (tertiary/aromatic N) is 5. The summed E-state index contributed by atoms with van der Waals surface area (Å²) >= 11 is 0. The van der Waals surface area contributed by atoms with E-state index < -0.39 is 31.4 Å².